The van der Waals surface area contributed by atoms with E-state index < -0.39 is 12.2 Å². The van der Waals surface area contributed by atoms with Crippen LogP contribution in [0.15, 0.2) is 12.2 Å². The van der Waals surface area contributed by atoms with E-state index in [2.05, 4.69) is 6.92 Å². The fourth-order valence-corrected chi connectivity index (χ4v) is 3.56. The summed E-state index contributed by atoms with van der Waals surface area (Å²) in [5, 5.41) is 28.9. The molecular formula is C20H36O4. The van der Waals surface area contributed by atoms with Crippen molar-refractivity contribution >= 4 is 5.78 Å². The Balaban J connectivity index is 2.40. The molecule has 0 bridgehead atoms. The van der Waals surface area contributed by atoms with Crippen molar-refractivity contribution in [2.24, 2.45) is 11.8 Å². The van der Waals surface area contributed by atoms with Gasteiger partial charge < -0.3 is 15.3 Å². The molecule has 0 saturated heterocycles. The summed E-state index contributed by atoms with van der Waals surface area (Å²) in [5.41, 5.74) is 0. The fourth-order valence-electron chi connectivity index (χ4n) is 3.56. The Kier molecular flexibility index (Phi) is 11.2. The van der Waals surface area contributed by atoms with Crippen LogP contribution in [0, 0.1) is 11.8 Å². The molecule has 24 heavy (non-hydrogen) atoms. The molecule has 0 heterocycles. The molecule has 4 unspecified atom stereocenters. The molecule has 0 radical (unpaired) electrons. The van der Waals surface area contributed by atoms with Crippen LogP contribution in [0.1, 0.15) is 77.6 Å². The Bertz CT molecular complexity index is 367. The fraction of sp³-hybridized carbons (Fsp3) is 0.850. The maximum Gasteiger partial charge on any atom is 0.142 e. The van der Waals surface area contributed by atoms with Gasteiger partial charge in [0, 0.05) is 18.9 Å². The smallest absolute Gasteiger partial charge is 0.142 e. The SMILES string of the molecule is CCCCCC(O)C=CC1C(=O)CC(O)C1CCCCCCCO. The Morgan fingerprint density at radius 3 is 2.54 bits per heavy atom. The molecule has 4 nitrogen and oxygen atoms in total. The lowest BCUT2D eigenvalue weighted by Crippen LogP contribution is -2.19. The van der Waals surface area contributed by atoms with E-state index in [-0.39, 0.29) is 30.6 Å². The summed E-state index contributed by atoms with van der Waals surface area (Å²) in [6.07, 6.45) is 12.7. The highest BCUT2D eigenvalue weighted by Gasteiger charge is 2.39. The number of Topliss-reactive ketones (excluding diaryl/α,β-unsaturated/α-hetero) is 1. The van der Waals surface area contributed by atoms with Gasteiger partial charge in [0.25, 0.3) is 0 Å². The predicted octanol–water partition coefficient (Wildman–Crippen LogP) is 3.38. The molecule has 4 atom stereocenters. The van der Waals surface area contributed by atoms with Gasteiger partial charge in [-0.05, 0) is 25.2 Å². The number of aliphatic hydroxyl groups excluding tert-OH is 3. The van der Waals surface area contributed by atoms with E-state index in [0.29, 0.717) is 0 Å². The van der Waals surface area contributed by atoms with Crippen LogP contribution >= 0.6 is 0 Å². The first-order valence-corrected chi connectivity index (χ1v) is 9.78. The second kappa shape index (κ2) is 12.6. The molecule has 1 aliphatic rings. The standard InChI is InChI=1S/C20H36O4/c1-2-3-7-10-16(22)12-13-18-17(19(23)15-20(18)24)11-8-5-4-6-9-14-21/h12-13,16-19,21-23H,2-11,14-15H2,1H3. The monoisotopic (exact) mass is 340 g/mol. The molecule has 0 spiro atoms. The second-order valence-electron chi connectivity index (χ2n) is 7.16. The van der Waals surface area contributed by atoms with E-state index in [1.165, 1.54) is 0 Å². The highest BCUT2D eigenvalue weighted by molar-refractivity contribution is 5.85. The zero-order valence-electron chi connectivity index (χ0n) is 15.2. The average molecular weight is 341 g/mol. The minimum Gasteiger partial charge on any atom is -0.396 e. The Hall–Kier alpha value is -0.710. The van der Waals surface area contributed by atoms with Crippen LogP contribution in [0.4, 0.5) is 0 Å². The van der Waals surface area contributed by atoms with Crippen molar-refractivity contribution in [3.63, 3.8) is 0 Å². The molecule has 1 fully saturated rings. The lowest BCUT2D eigenvalue weighted by Gasteiger charge is -2.18. The van der Waals surface area contributed by atoms with Gasteiger partial charge >= 0.3 is 0 Å². The zero-order chi connectivity index (χ0) is 17.8. The van der Waals surface area contributed by atoms with Gasteiger partial charge in [-0.25, -0.2) is 0 Å². The average Bonchev–Trinajstić information content (AvgIpc) is 2.82. The third-order valence-electron chi connectivity index (χ3n) is 5.08. The van der Waals surface area contributed by atoms with Crippen molar-refractivity contribution in [2.45, 2.75) is 89.8 Å². The van der Waals surface area contributed by atoms with E-state index in [1.54, 1.807) is 6.08 Å². The quantitative estimate of drug-likeness (QED) is 0.355. The molecule has 140 valence electrons. The topological polar surface area (TPSA) is 77.8 Å². The summed E-state index contributed by atoms with van der Waals surface area (Å²) >= 11 is 0. The third-order valence-corrected chi connectivity index (χ3v) is 5.08. The van der Waals surface area contributed by atoms with E-state index in [9.17, 15) is 15.0 Å². The molecule has 1 saturated carbocycles. The van der Waals surface area contributed by atoms with Gasteiger partial charge in [0.2, 0.25) is 0 Å². The number of hydrogen-bond acceptors (Lipinski definition) is 4. The van der Waals surface area contributed by atoms with E-state index in [4.69, 9.17) is 5.11 Å². The van der Waals surface area contributed by atoms with Crippen molar-refractivity contribution in [3.05, 3.63) is 12.2 Å². The third kappa shape index (κ3) is 7.91. The van der Waals surface area contributed by atoms with Crippen LogP contribution in [0.25, 0.3) is 0 Å². The first kappa shape index (κ1) is 21.3. The van der Waals surface area contributed by atoms with Gasteiger partial charge in [0.05, 0.1) is 12.2 Å². The summed E-state index contributed by atoms with van der Waals surface area (Å²) in [5.74, 6) is -0.141. The number of carbonyl (C=O) groups excluding carboxylic acids is 1. The van der Waals surface area contributed by atoms with Gasteiger partial charge in [0.15, 0.2) is 0 Å². The molecule has 1 aliphatic carbocycles. The number of allylic oxidation sites excluding steroid dienone is 1. The first-order chi connectivity index (χ1) is 11.6. The van der Waals surface area contributed by atoms with Crippen LogP contribution in [0.3, 0.4) is 0 Å². The lowest BCUT2D eigenvalue weighted by atomic mass is 9.88. The Morgan fingerprint density at radius 1 is 1.12 bits per heavy atom. The second-order valence-corrected chi connectivity index (χ2v) is 7.16. The maximum absolute atomic E-state index is 12.1. The Morgan fingerprint density at radius 2 is 1.83 bits per heavy atom. The van der Waals surface area contributed by atoms with E-state index in [0.717, 1.165) is 64.2 Å². The number of carbonyl (C=O) groups is 1. The van der Waals surface area contributed by atoms with Crippen molar-refractivity contribution in [3.8, 4) is 0 Å². The summed E-state index contributed by atoms with van der Waals surface area (Å²) in [7, 11) is 0. The van der Waals surface area contributed by atoms with Gasteiger partial charge in [-0.2, -0.15) is 0 Å². The molecule has 0 aromatic rings. The molecule has 4 heteroatoms. The normalized spacial score (nSPS) is 25.7. The molecular weight excluding hydrogens is 304 g/mol. The van der Waals surface area contributed by atoms with Crippen LogP contribution in [0.5, 0.6) is 0 Å². The Labute approximate surface area is 147 Å². The highest BCUT2D eigenvalue weighted by Crippen LogP contribution is 2.34. The molecule has 0 aliphatic heterocycles. The predicted molar refractivity (Wildman–Crippen MR) is 96.7 cm³/mol. The van der Waals surface area contributed by atoms with Gasteiger partial charge in [-0.15, -0.1) is 0 Å². The summed E-state index contributed by atoms with van der Waals surface area (Å²) in [6, 6.07) is 0. The number of rotatable bonds is 13. The molecule has 0 aromatic carbocycles. The summed E-state index contributed by atoms with van der Waals surface area (Å²) in [6.45, 7) is 2.39. The van der Waals surface area contributed by atoms with Gasteiger partial charge in [-0.3, -0.25) is 4.79 Å². The molecule has 3 N–H and O–H groups in total. The lowest BCUT2D eigenvalue weighted by molar-refractivity contribution is -0.120. The zero-order valence-corrected chi connectivity index (χ0v) is 15.2. The minimum absolute atomic E-state index is 0.00515. The summed E-state index contributed by atoms with van der Waals surface area (Å²) in [4.78, 5) is 12.1. The summed E-state index contributed by atoms with van der Waals surface area (Å²) < 4.78 is 0. The van der Waals surface area contributed by atoms with Crippen molar-refractivity contribution < 1.29 is 20.1 Å². The van der Waals surface area contributed by atoms with Crippen LogP contribution in [0.2, 0.25) is 0 Å². The van der Waals surface area contributed by atoms with Crippen molar-refractivity contribution in [1.29, 1.82) is 0 Å². The largest absolute Gasteiger partial charge is 0.396 e. The van der Waals surface area contributed by atoms with Gasteiger partial charge in [0.1, 0.15) is 5.78 Å². The van der Waals surface area contributed by atoms with E-state index >= 15 is 0 Å². The molecule has 0 aromatic heterocycles. The van der Waals surface area contributed by atoms with Crippen molar-refractivity contribution in [1.82, 2.24) is 0 Å². The minimum atomic E-state index is -0.540. The van der Waals surface area contributed by atoms with Crippen LogP contribution in [-0.2, 0) is 4.79 Å². The van der Waals surface area contributed by atoms with Crippen LogP contribution < -0.4 is 0 Å². The highest BCUT2D eigenvalue weighted by atomic mass is 16.3. The maximum atomic E-state index is 12.1. The van der Waals surface area contributed by atoms with Gasteiger partial charge in [-0.1, -0.05) is 64.0 Å². The first-order valence-electron chi connectivity index (χ1n) is 9.78. The number of ketones is 1. The molecule has 0 amide bonds. The number of aliphatic hydroxyl groups is 3. The van der Waals surface area contributed by atoms with Crippen LogP contribution in [-0.4, -0.2) is 39.9 Å². The molecule has 1 rings (SSSR count). The van der Waals surface area contributed by atoms with Crippen molar-refractivity contribution in [2.75, 3.05) is 6.61 Å². The number of unbranched alkanes of at least 4 members (excludes halogenated alkanes) is 6. The number of hydrogen-bond donors (Lipinski definition) is 3. The van der Waals surface area contributed by atoms with E-state index in [1.807, 2.05) is 6.08 Å².